The second-order valence-corrected chi connectivity index (χ2v) is 7.66. The molecule has 1 saturated heterocycles. The summed E-state index contributed by atoms with van der Waals surface area (Å²) in [6.07, 6.45) is 4.36. The third-order valence-corrected chi connectivity index (χ3v) is 4.73. The van der Waals surface area contributed by atoms with Crippen molar-refractivity contribution >= 4 is 24.2 Å². The van der Waals surface area contributed by atoms with E-state index in [1.54, 1.807) is 6.92 Å². The van der Waals surface area contributed by atoms with E-state index < -0.39 is 6.04 Å². The van der Waals surface area contributed by atoms with E-state index in [9.17, 15) is 9.59 Å². The summed E-state index contributed by atoms with van der Waals surface area (Å²) in [6.45, 7) is 9.26. The van der Waals surface area contributed by atoms with Gasteiger partial charge in [0.15, 0.2) is 0 Å². The molecule has 2 aliphatic rings. The molecule has 3 atom stereocenters. The Labute approximate surface area is 139 Å². The maximum Gasteiger partial charge on any atom is 0.242 e. The van der Waals surface area contributed by atoms with Crippen LogP contribution in [0.25, 0.3) is 0 Å². The van der Waals surface area contributed by atoms with Crippen molar-refractivity contribution in [1.82, 2.24) is 16.0 Å². The van der Waals surface area contributed by atoms with Gasteiger partial charge in [-0.2, -0.15) is 0 Å². The monoisotopic (exact) mass is 331 g/mol. The first-order chi connectivity index (χ1) is 9.74. The molecule has 1 saturated carbocycles. The number of carbonyl (C=O) groups excluding carboxylic acids is 2. The van der Waals surface area contributed by atoms with Crippen molar-refractivity contribution in [3.8, 4) is 0 Å². The summed E-state index contributed by atoms with van der Waals surface area (Å²) in [5.41, 5.74) is -0.578. The molecule has 3 N–H and O–H groups in total. The van der Waals surface area contributed by atoms with Gasteiger partial charge in [-0.25, -0.2) is 0 Å². The minimum Gasteiger partial charge on any atom is -0.350 e. The van der Waals surface area contributed by atoms with Crippen molar-refractivity contribution in [1.29, 1.82) is 0 Å². The Balaban J connectivity index is 0.00000242. The summed E-state index contributed by atoms with van der Waals surface area (Å²) in [6, 6.07) is -0.491. The Kier molecular flexibility index (Phi) is 6.27. The lowest BCUT2D eigenvalue weighted by atomic mass is 9.67. The van der Waals surface area contributed by atoms with E-state index in [1.807, 2.05) is 20.8 Å². The van der Waals surface area contributed by atoms with Crippen LogP contribution in [0, 0.1) is 11.3 Å². The zero-order valence-corrected chi connectivity index (χ0v) is 14.9. The molecule has 6 heteroatoms. The van der Waals surface area contributed by atoms with Crippen LogP contribution in [-0.2, 0) is 9.59 Å². The number of amides is 2. The predicted molar refractivity (Wildman–Crippen MR) is 90.0 cm³/mol. The number of rotatable bonds is 3. The van der Waals surface area contributed by atoms with E-state index in [1.165, 1.54) is 6.42 Å². The quantitative estimate of drug-likeness (QED) is 0.736. The van der Waals surface area contributed by atoms with Crippen molar-refractivity contribution in [3.05, 3.63) is 0 Å². The smallest absolute Gasteiger partial charge is 0.242 e. The molecule has 0 spiro atoms. The molecule has 2 rings (SSSR count). The fourth-order valence-electron chi connectivity index (χ4n) is 3.57. The molecular formula is C16H30ClN3O2. The topological polar surface area (TPSA) is 70.2 Å². The molecule has 128 valence electrons. The van der Waals surface area contributed by atoms with Gasteiger partial charge < -0.3 is 16.0 Å². The number of hydrogen-bond acceptors (Lipinski definition) is 3. The SMILES string of the molecule is CC(NC(=O)[C@@]12CCCC[C@H]1CNC2)C(=O)NC(C)(C)C.Cl. The van der Waals surface area contributed by atoms with Gasteiger partial charge in [0, 0.05) is 12.1 Å². The van der Waals surface area contributed by atoms with Gasteiger partial charge in [0.05, 0.1) is 5.41 Å². The predicted octanol–water partition coefficient (Wildman–Crippen LogP) is 1.61. The van der Waals surface area contributed by atoms with Crippen LogP contribution in [0.15, 0.2) is 0 Å². The molecule has 0 aromatic heterocycles. The first-order valence-corrected chi connectivity index (χ1v) is 8.08. The molecule has 22 heavy (non-hydrogen) atoms. The van der Waals surface area contributed by atoms with Gasteiger partial charge in [-0.05, 0) is 53.0 Å². The molecule has 2 amide bonds. The normalized spacial score (nSPS) is 29.0. The summed E-state index contributed by atoms with van der Waals surface area (Å²) < 4.78 is 0. The van der Waals surface area contributed by atoms with Crippen LogP contribution in [0.5, 0.6) is 0 Å². The molecule has 5 nitrogen and oxygen atoms in total. The summed E-state index contributed by atoms with van der Waals surface area (Å²) in [4.78, 5) is 24.9. The van der Waals surface area contributed by atoms with E-state index in [4.69, 9.17) is 0 Å². The summed E-state index contributed by atoms with van der Waals surface area (Å²) in [5.74, 6) is 0.350. The van der Waals surface area contributed by atoms with Crippen LogP contribution in [0.2, 0.25) is 0 Å². The van der Waals surface area contributed by atoms with Gasteiger partial charge in [0.1, 0.15) is 6.04 Å². The number of halogens is 1. The van der Waals surface area contributed by atoms with Crippen molar-refractivity contribution in [2.75, 3.05) is 13.1 Å². The standard InChI is InChI=1S/C16H29N3O2.ClH/c1-11(13(20)19-15(2,3)4)18-14(21)16-8-6-5-7-12(16)9-17-10-16;/h11-12,17H,5-10H2,1-4H3,(H,18,21)(H,19,20);1H/t11?,12-,16+;/m0./s1. The maximum absolute atomic E-state index is 12.8. The van der Waals surface area contributed by atoms with Crippen molar-refractivity contribution in [3.63, 3.8) is 0 Å². The van der Waals surface area contributed by atoms with Crippen molar-refractivity contribution < 1.29 is 9.59 Å². The lowest BCUT2D eigenvalue weighted by Gasteiger charge is -2.38. The molecule has 0 bridgehead atoms. The van der Waals surface area contributed by atoms with Gasteiger partial charge in [-0.1, -0.05) is 12.8 Å². The van der Waals surface area contributed by atoms with Crippen molar-refractivity contribution in [2.24, 2.45) is 11.3 Å². The van der Waals surface area contributed by atoms with E-state index >= 15 is 0 Å². The van der Waals surface area contributed by atoms with Gasteiger partial charge in [-0.3, -0.25) is 9.59 Å². The minimum atomic E-state index is -0.491. The molecule has 0 radical (unpaired) electrons. The third kappa shape index (κ3) is 4.13. The molecule has 0 aromatic carbocycles. The summed E-state index contributed by atoms with van der Waals surface area (Å²) in [5, 5.41) is 9.22. The lowest BCUT2D eigenvalue weighted by Crippen LogP contribution is -2.55. The Hall–Kier alpha value is -0.810. The maximum atomic E-state index is 12.8. The van der Waals surface area contributed by atoms with Gasteiger partial charge in [-0.15, -0.1) is 12.4 Å². The van der Waals surface area contributed by atoms with Gasteiger partial charge in [0.25, 0.3) is 0 Å². The molecule has 1 heterocycles. The Morgan fingerprint density at radius 1 is 1.27 bits per heavy atom. The van der Waals surface area contributed by atoms with Crippen LogP contribution >= 0.6 is 12.4 Å². The van der Waals surface area contributed by atoms with Gasteiger partial charge in [0.2, 0.25) is 11.8 Å². The number of fused-ring (bicyclic) bond motifs is 1. The average Bonchev–Trinajstić information content (AvgIpc) is 2.81. The van der Waals surface area contributed by atoms with Crippen LogP contribution < -0.4 is 16.0 Å². The highest BCUT2D eigenvalue weighted by Crippen LogP contribution is 2.43. The van der Waals surface area contributed by atoms with Crippen LogP contribution in [0.3, 0.4) is 0 Å². The minimum absolute atomic E-state index is 0. The number of hydrogen-bond donors (Lipinski definition) is 3. The number of carbonyl (C=O) groups is 2. The highest BCUT2D eigenvalue weighted by molar-refractivity contribution is 5.90. The van der Waals surface area contributed by atoms with E-state index in [0.717, 1.165) is 32.4 Å². The zero-order valence-electron chi connectivity index (χ0n) is 14.1. The fourth-order valence-corrected chi connectivity index (χ4v) is 3.57. The molecule has 1 unspecified atom stereocenters. The van der Waals surface area contributed by atoms with Gasteiger partial charge >= 0.3 is 0 Å². The fraction of sp³-hybridized carbons (Fsp3) is 0.875. The van der Waals surface area contributed by atoms with E-state index in [-0.39, 0.29) is 35.2 Å². The largest absolute Gasteiger partial charge is 0.350 e. The summed E-state index contributed by atoms with van der Waals surface area (Å²) >= 11 is 0. The highest BCUT2D eigenvalue weighted by Gasteiger charge is 2.50. The first kappa shape index (κ1) is 19.2. The Bertz CT molecular complexity index is 422. The van der Waals surface area contributed by atoms with Crippen LogP contribution in [-0.4, -0.2) is 36.5 Å². The second kappa shape index (κ2) is 7.18. The second-order valence-electron chi connectivity index (χ2n) is 7.66. The number of nitrogens with one attached hydrogen (secondary N) is 3. The zero-order chi connectivity index (χ0) is 15.7. The molecule has 1 aliphatic heterocycles. The van der Waals surface area contributed by atoms with E-state index in [0.29, 0.717) is 5.92 Å². The highest BCUT2D eigenvalue weighted by atomic mass is 35.5. The Morgan fingerprint density at radius 3 is 2.59 bits per heavy atom. The summed E-state index contributed by atoms with van der Waals surface area (Å²) in [7, 11) is 0. The molecule has 1 aliphatic carbocycles. The molecule has 0 aromatic rings. The molecular weight excluding hydrogens is 302 g/mol. The average molecular weight is 332 g/mol. The van der Waals surface area contributed by atoms with Crippen molar-refractivity contribution in [2.45, 2.75) is 65.0 Å². The lowest BCUT2D eigenvalue weighted by molar-refractivity contribution is -0.137. The van der Waals surface area contributed by atoms with E-state index in [2.05, 4.69) is 16.0 Å². The Morgan fingerprint density at radius 2 is 1.95 bits per heavy atom. The molecule has 2 fully saturated rings. The first-order valence-electron chi connectivity index (χ1n) is 8.08. The van der Waals surface area contributed by atoms with Crippen LogP contribution in [0.1, 0.15) is 53.4 Å². The third-order valence-electron chi connectivity index (χ3n) is 4.73. The van der Waals surface area contributed by atoms with Crippen LogP contribution in [0.4, 0.5) is 0 Å².